The first-order chi connectivity index (χ1) is 12.6. The van der Waals surface area contributed by atoms with E-state index in [1.54, 1.807) is 23.8 Å². The van der Waals surface area contributed by atoms with Crippen molar-refractivity contribution in [3.05, 3.63) is 60.4 Å². The van der Waals surface area contributed by atoms with Gasteiger partial charge >= 0.3 is 0 Å². The Hall–Kier alpha value is -2.94. The minimum absolute atomic E-state index is 0.0369. The molecular formula is C17H14F2N4O2S. The lowest BCUT2D eigenvalue weighted by atomic mass is 10.3. The lowest BCUT2D eigenvalue weighted by Gasteiger charge is -2.08. The lowest BCUT2D eigenvalue weighted by Crippen LogP contribution is -2.15. The molecule has 0 saturated carbocycles. The fraction of sp³-hybridized carbons (Fsp3) is 0.118. The summed E-state index contributed by atoms with van der Waals surface area (Å²) in [6.07, 6.45) is 1.52. The van der Waals surface area contributed by atoms with Gasteiger partial charge in [-0.2, -0.15) is 0 Å². The minimum atomic E-state index is -0.703. The number of ether oxygens (including phenoxy) is 1. The summed E-state index contributed by atoms with van der Waals surface area (Å²) in [6.45, 7) is 0. The lowest BCUT2D eigenvalue weighted by molar-refractivity contribution is -0.113. The summed E-state index contributed by atoms with van der Waals surface area (Å²) in [5.41, 5.74) is 0.599. The maximum absolute atomic E-state index is 13.6. The molecule has 0 bridgehead atoms. The van der Waals surface area contributed by atoms with E-state index in [1.165, 1.54) is 6.33 Å². The zero-order chi connectivity index (χ0) is 18.5. The van der Waals surface area contributed by atoms with Gasteiger partial charge in [0, 0.05) is 11.8 Å². The highest BCUT2D eigenvalue weighted by atomic mass is 32.2. The third-order valence-corrected chi connectivity index (χ3v) is 4.34. The molecule has 0 atom stereocenters. The van der Waals surface area contributed by atoms with Crippen molar-refractivity contribution in [2.45, 2.75) is 5.16 Å². The first-order valence-electron chi connectivity index (χ1n) is 7.49. The Morgan fingerprint density at radius 3 is 2.73 bits per heavy atom. The number of carbonyl (C=O) groups excluding carboxylic acids is 1. The first kappa shape index (κ1) is 17.9. The average molecular weight is 376 g/mol. The van der Waals surface area contributed by atoms with E-state index < -0.39 is 17.5 Å². The van der Waals surface area contributed by atoms with E-state index in [-0.39, 0.29) is 11.4 Å². The van der Waals surface area contributed by atoms with Crippen LogP contribution in [0.15, 0.2) is 53.9 Å². The number of thioether (sulfide) groups is 1. The Morgan fingerprint density at radius 2 is 2.00 bits per heavy atom. The predicted molar refractivity (Wildman–Crippen MR) is 93.6 cm³/mol. The SMILES string of the molecule is COc1ccc(-n2cnnc2SCC(=O)Nc2cc(F)ccc2F)cc1. The summed E-state index contributed by atoms with van der Waals surface area (Å²) < 4.78 is 33.5. The zero-order valence-corrected chi connectivity index (χ0v) is 14.5. The van der Waals surface area contributed by atoms with E-state index in [2.05, 4.69) is 15.5 Å². The van der Waals surface area contributed by atoms with Crippen LogP contribution in [0, 0.1) is 11.6 Å². The van der Waals surface area contributed by atoms with E-state index in [1.807, 2.05) is 12.1 Å². The van der Waals surface area contributed by atoms with Crippen LogP contribution in [0.5, 0.6) is 5.75 Å². The Labute approximate surface area is 152 Å². The van der Waals surface area contributed by atoms with Crippen molar-refractivity contribution >= 4 is 23.4 Å². The van der Waals surface area contributed by atoms with Gasteiger partial charge in [-0.1, -0.05) is 11.8 Å². The number of benzene rings is 2. The van der Waals surface area contributed by atoms with Crippen LogP contribution in [0.1, 0.15) is 0 Å². The van der Waals surface area contributed by atoms with Gasteiger partial charge in [-0.25, -0.2) is 8.78 Å². The van der Waals surface area contributed by atoms with Crippen molar-refractivity contribution < 1.29 is 18.3 Å². The summed E-state index contributed by atoms with van der Waals surface area (Å²) in [4.78, 5) is 12.0. The second-order valence-corrected chi connectivity index (χ2v) is 6.09. The quantitative estimate of drug-likeness (QED) is 0.669. The van der Waals surface area contributed by atoms with E-state index in [0.29, 0.717) is 10.9 Å². The number of carbonyl (C=O) groups is 1. The van der Waals surface area contributed by atoms with Crippen LogP contribution in [0.3, 0.4) is 0 Å². The molecular weight excluding hydrogens is 362 g/mol. The summed E-state index contributed by atoms with van der Waals surface area (Å²) in [5, 5.41) is 10.7. The summed E-state index contributed by atoms with van der Waals surface area (Å²) in [6, 6.07) is 10.1. The summed E-state index contributed by atoms with van der Waals surface area (Å²) in [5.74, 6) is -1.14. The van der Waals surface area contributed by atoms with E-state index >= 15 is 0 Å². The first-order valence-corrected chi connectivity index (χ1v) is 8.47. The molecule has 2 aromatic carbocycles. The molecule has 0 radical (unpaired) electrons. The number of hydrogen-bond donors (Lipinski definition) is 1. The Balaban J connectivity index is 1.66. The fourth-order valence-corrected chi connectivity index (χ4v) is 2.88. The summed E-state index contributed by atoms with van der Waals surface area (Å²) >= 11 is 1.13. The second-order valence-electron chi connectivity index (χ2n) is 5.14. The van der Waals surface area contributed by atoms with Crippen LogP contribution < -0.4 is 10.1 Å². The molecule has 9 heteroatoms. The molecule has 1 amide bonds. The molecule has 0 aliphatic rings. The van der Waals surface area contributed by atoms with Crippen molar-refractivity contribution in [3.8, 4) is 11.4 Å². The van der Waals surface area contributed by atoms with Crippen LogP contribution in [-0.2, 0) is 4.79 Å². The van der Waals surface area contributed by atoms with Gasteiger partial charge < -0.3 is 10.1 Å². The van der Waals surface area contributed by atoms with Crippen LogP contribution in [0.2, 0.25) is 0 Å². The standard InChI is InChI=1S/C17H14F2N4O2S/c1-25-13-5-3-12(4-6-13)23-10-20-22-17(23)26-9-16(24)21-15-8-11(18)2-7-14(15)19/h2-8,10H,9H2,1H3,(H,21,24). The number of nitrogens with one attached hydrogen (secondary N) is 1. The van der Waals surface area contributed by atoms with Crippen LogP contribution in [-0.4, -0.2) is 33.5 Å². The van der Waals surface area contributed by atoms with Crippen molar-refractivity contribution in [2.75, 3.05) is 18.2 Å². The Morgan fingerprint density at radius 1 is 1.23 bits per heavy atom. The molecule has 3 aromatic rings. The monoisotopic (exact) mass is 376 g/mol. The van der Waals surface area contributed by atoms with Crippen molar-refractivity contribution in [1.82, 2.24) is 14.8 Å². The topological polar surface area (TPSA) is 69.0 Å². The maximum Gasteiger partial charge on any atom is 0.234 e. The number of halogens is 2. The highest BCUT2D eigenvalue weighted by Gasteiger charge is 2.12. The molecule has 0 aliphatic carbocycles. The third-order valence-electron chi connectivity index (χ3n) is 3.40. The van der Waals surface area contributed by atoms with Crippen LogP contribution in [0.25, 0.3) is 5.69 Å². The number of amides is 1. The maximum atomic E-state index is 13.6. The molecule has 1 heterocycles. The van der Waals surface area contributed by atoms with Gasteiger partial charge in [-0.05, 0) is 36.4 Å². The smallest absolute Gasteiger partial charge is 0.234 e. The molecule has 26 heavy (non-hydrogen) atoms. The number of aromatic nitrogens is 3. The van der Waals surface area contributed by atoms with Crippen molar-refractivity contribution in [1.29, 1.82) is 0 Å². The van der Waals surface area contributed by atoms with Gasteiger partial charge in [-0.15, -0.1) is 10.2 Å². The van der Waals surface area contributed by atoms with E-state index in [0.717, 1.165) is 35.6 Å². The van der Waals surface area contributed by atoms with Gasteiger partial charge in [0.1, 0.15) is 23.7 Å². The third kappa shape index (κ3) is 4.17. The average Bonchev–Trinajstić information content (AvgIpc) is 3.12. The molecule has 0 fully saturated rings. The van der Waals surface area contributed by atoms with Crippen LogP contribution in [0.4, 0.5) is 14.5 Å². The molecule has 0 saturated heterocycles. The summed E-state index contributed by atoms with van der Waals surface area (Å²) in [7, 11) is 1.58. The van der Waals surface area contributed by atoms with Gasteiger partial charge in [0.05, 0.1) is 18.6 Å². The molecule has 0 unspecified atom stereocenters. The number of nitrogens with zero attached hydrogens (tertiary/aromatic N) is 3. The molecule has 6 nitrogen and oxygen atoms in total. The number of rotatable bonds is 6. The Bertz CT molecular complexity index is 915. The van der Waals surface area contributed by atoms with Gasteiger partial charge in [0.2, 0.25) is 5.91 Å². The largest absolute Gasteiger partial charge is 0.497 e. The second kappa shape index (κ2) is 7.96. The van der Waals surface area contributed by atoms with Gasteiger partial charge in [-0.3, -0.25) is 9.36 Å². The minimum Gasteiger partial charge on any atom is -0.497 e. The number of hydrogen-bond acceptors (Lipinski definition) is 5. The Kier molecular flexibility index (Phi) is 5.47. The highest BCUT2D eigenvalue weighted by Crippen LogP contribution is 2.22. The van der Waals surface area contributed by atoms with Crippen molar-refractivity contribution in [3.63, 3.8) is 0 Å². The molecule has 1 N–H and O–H groups in total. The molecule has 134 valence electrons. The fourth-order valence-electron chi connectivity index (χ4n) is 2.15. The predicted octanol–water partition coefficient (Wildman–Crippen LogP) is 3.28. The number of anilines is 1. The van der Waals surface area contributed by atoms with E-state index in [9.17, 15) is 13.6 Å². The van der Waals surface area contributed by atoms with Crippen LogP contribution >= 0.6 is 11.8 Å². The zero-order valence-electron chi connectivity index (χ0n) is 13.6. The van der Waals surface area contributed by atoms with Gasteiger partial charge in [0.15, 0.2) is 5.16 Å². The molecule has 0 aliphatic heterocycles. The van der Waals surface area contributed by atoms with Gasteiger partial charge in [0.25, 0.3) is 0 Å². The van der Waals surface area contributed by atoms with E-state index in [4.69, 9.17) is 4.74 Å². The number of methoxy groups -OCH3 is 1. The highest BCUT2D eigenvalue weighted by molar-refractivity contribution is 7.99. The molecule has 3 rings (SSSR count). The normalized spacial score (nSPS) is 10.6. The molecule has 1 aromatic heterocycles. The van der Waals surface area contributed by atoms with Crippen molar-refractivity contribution in [2.24, 2.45) is 0 Å². The molecule has 0 spiro atoms.